The lowest BCUT2D eigenvalue weighted by atomic mass is 9.52. The van der Waals surface area contributed by atoms with Gasteiger partial charge in [0.05, 0.1) is 23.8 Å². The molecule has 4 aliphatic rings. The number of phenols is 1. The number of fused-ring (bicyclic) bond motifs is 3. The molecule has 1 aromatic carbocycles. The number of likely N-dealkylation sites (tertiary alicyclic amines) is 1. The van der Waals surface area contributed by atoms with Crippen molar-refractivity contribution in [1.82, 2.24) is 9.80 Å². The average molecular weight is 596 g/mol. The second kappa shape index (κ2) is 10.5. The number of benzene rings is 1. The van der Waals surface area contributed by atoms with Crippen molar-refractivity contribution in [3.05, 3.63) is 41.2 Å². The van der Waals surface area contributed by atoms with Gasteiger partial charge >= 0.3 is 0 Å². The van der Waals surface area contributed by atoms with E-state index in [9.17, 15) is 38.6 Å². The number of aromatic hydroxyl groups is 1. The van der Waals surface area contributed by atoms with Crippen molar-refractivity contribution in [3.8, 4) is 17.1 Å². The number of rotatable bonds is 5. The van der Waals surface area contributed by atoms with Gasteiger partial charge in [-0.05, 0) is 69.5 Å². The number of Topliss-reactive ketones (excluding diaryl/α,β-unsaturated/α-hetero) is 4. The second-order valence-corrected chi connectivity index (χ2v) is 12.5. The van der Waals surface area contributed by atoms with Gasteiger partial charge in [0, 0.05) is 36.7 Å². The third-order valence-electron chi connectivity index (χ3n) is 9.85. The second-order valence-electron chi connectivity index (χ2n) is 12.5. The zero-order chi connectivity index (χ0) is 31.0. The van der Waals surface area contributed by atoms with Crippen molar-refractivity contribution >= 4 is 29.0 Å². The summed E-state index contributed by atoms with van der Waals surface area (Å²) in [5, 5.41) is 22.6. The SMILES string of the molecule is CN(C)[C@@H]1C(=O)C(C(N)=O)C(=O)[C@@]2(O)C(=O)C3C(=O)c4c(O)ccc(-c5occc5CN5CCC(F)CC5)c4C[C@H]3C[C@@H]12. The summed E-state index contributed by atoms with van der Waals surface area (Å²) in [7, 11) is 3.08. The van der Waals surface area contributed by atoms with Crippen LogP contribution in [0.5, 0.6) is 5.75 Å². The maximum atomic E-state index is 14.0. The Hall–Kier alpha value is -3.74. The fourth-order valence-corrected chi connectivity index (χ4v) is 7.81. The number of likely N-dealkylation sites (N-methyl/N-ethyl adjacent to an activating group) is 1. The number of hydrogen-bond donors (Lipinski definition) is 3. The van der Waals surface area contributed by atoms with E-state index in [-0.39, 0.29) is 24.2 Å². The topological polar surface area (TPSA) is 171 Å². The van der Waals surface area contributed by atoms with Crippen LogP contribution in [0, 0.1) is 23.7 Å². The normalized spacial score (nSPS) is 31.6. The highest BCUT2D eigenvalue weighted by Crippen LogP contribution is 2.52. The molecule has 43 heavy (non-hydrogen) atoms. The number of nitrogens with two attached hydrogens (primary N) is 1. The van der Waals surface area contributed by atoms with Gasteiger partial charge in [0.25, 0.3) is 0 Å². The Labute approximate surface area is 246 Å². The molecule has 1 aliphatic heterocycles. The number of hydrogen-bond acceptors (Lipinski definition) is 10. The molecule has 1 aromatic heterocycles. The fraction of sp³-hybridized carbons (Fsp3) is 0.516. The van der Waals surface area contributed by atoms with Crippen molar-refractivity contribution in [3.63, 3.8) is 0 Å². The third-order valence-corrected chi connectivity index (χ3v) is 9.85. The van der Waals surface area contributed by atoms with Crippen molar-refractivity contribution in [1.29, 1.82) is 0 Å². The molecule has 6 atom stereocenters. The summed E-state index contributed by atoms with van der Waals surface area (Å²) in [5.41, 5.74) is 4.35. The molecular weight excluding hydrogens is 561 g/mol. The summed E-state index contributed by atoms with van der Waals surface area (Å²) in [6, 6.07) is 3.62. The number of halogens is 1. The van der Waals surface area contributed by atoms with Crippen LogP contribution in [-0.2, 0) is 32.1 Å². The van der Waals surface area contributed by atoms with E-state index < -0.39 is 70.5 Å². The number of furan rings is 1. The molecule has 3 fully saturated rings. The van der Waals surface area contributed by atoms with E-state index >= 15 is 0 Å². The maximum absolute atomic E-state index is 14.0. The highest BCUT2D eigenvalue weighted by Gasteiger charge is 2.69. The molecule has 228 valence electrons. The summed E-state index contributed by atoms with van der Waals surface area (Å²) in [6.07, 6.45) is 1.69. The fourth-order valence-electron chi connectivity index (χ4n) is 7.81. The van der Waals surface area contributed by atoms with Gasteiger partial charge in [0.1, 0.15) is 17.7 Å². The third kappa shape index (κ3) is 4.37. The van der Waals surface area contributed by atoms with Crippen LogP contribution in [0.2, 0.25) is 0 Å². The number of piperidine rings is 1. The predicted octanol–water partition coefficient (Wildman–Crippen LogP) is 1.06. The minimum absolute atomic E-state index is 0.0395. The average Bonchev–Trinajstić information content (AvgIpc) is 3.39. The lowest BCUT2D eigenvalue weighted by Gasteiger charge is -2.52. The van der Waals surface area contributed by atoms with Crippen LogP contribution in [0.4, 0.5) is 4.39 Å². The molecule has 1 amide bonds. The smallest absolute Gasteiger partial charge is 0.235 e. The van der Waals surface area contributed by atoms with Crippen molar-refractivity contribution in [2.24, 2.45) is 29.4 Å². The Kier molecular flexibility index (Phi) is 7.14. The summed E-state index contributed by atoms with van der Waals surface area (Å²) in [4.78, 5) is 70.5. The van der Waals surface area contributed by atoms with E-state index in [1.54, 1.807) is 20.2 Å². The number of phenolic OH excluding ortho intramolecular Hbond substituents is 1. The monoisotopic (exact) mass is 595 g/mol. The first-order chi connectivity index (χ1) is 20.4. The van der Waals surface area contributed by atoms with Gasteiger partial charge in [-0.3, -0.25) is 33.8 Å². The van der Waals surface area contributed by atoms with E-state index in [1.807, 2.05) is 6.07 Å². The van der Waals surface area contributed by atoms with Gasteiger partial charge in [-0.1, -0.05) is 0 Å². The zero-order valence-electron chi connectivity index (χ0n) is 23.9. The largest absolute Gasteiger partial charge is 0.507 e. The molecule has 4 N–H and O–H groups in total. The Morgan fingerprint density at radius 3 is 2.49 bits per heavy atom. The number of carbonyl (C=O) groups is 5. The molecule has 1 saturated heterocycles. The first kappa shape index (κ1) is 29.3. The number of ketones is 4. The number of aliphatic hydroxyl groups is 1. The number of primary amides is 1. The Morgan fingerprint density at radius 1 is 1.14 bits per heavy atom. The van der Waals surface area contributed by atoms with Crippen LogP contribution < -0.4 is 5.73 Å². The lowest BCUT2D eigenvalue weighted by molar-refractivity contribution is -0.181. The predicted molar refractivity (Wildman–Crippen MR) is 148 cm³/mol. The van der Waals surface area contributed by atoms with E-state index in [1.165, 1.54) is 17.2 Å². The Bertz CT molecular complexity index is 1540. The van der Waals surface area contributed by atoms with Gasteiger partial charge in [-0.2, -0.15) is 0 Å². The number of amides is 1. The number of nitrogens with zero attached hydrogens (tertiary/aromatic N) is 2. The van der Waals surface area contributed by atoms with Crippen LogP contribution >= 0.6 is 0 Å². The van der Waals surface area contributed by atoms with Crippen molar-refractivity contribution in [2.45, 2.75) is 50.0 Å². The van der Waals surface area contributed by atoms with E-state index in [2.05, 4.69) is 4.90 Å². The van der Waals surface area contributed by atoms with E-state index in [4.69, 9.17) is 10.2 Å². The molecule has 2 unspecified atom stereocenters. The van der Waals surface area contributed by atoms with Crippen LogP contribution in [0.1, 0.15) is 40.7 Å². The minimum atomic E-state index is -2.77. The molecule has 0 spiro atoms. The molecule has 11 nitrogen and oxygen atoms in total. The molecule has 12 heteroatoms. The standard InChI is InChI=1S/C31H34FN3O8/c1-34(2)24-19-12-15-11-18-17(27-14(7-10-43-27)13-35-8-5-16(32)6-9-35)3-4-20(36)22(18)25(37)21(15)28(39)31(19,42)29(40)23(26(24)38)30(33)41/h3-4,7,10,15-16,19,21,23-24,36,42H,5-6,8-9,11-13H2,1-2H3,(H2,33,41)/t15-,19-,21?,23?,24-,31-/m0/s1. The van der Waals surface area contributed by atoms with Gasteiger partial charge in [0.15, 0.2) is 34.7 Å². The molecule has 0 bridgehead atoms. The van der Waals surface area contributed by atoms with Crippen molar-refractivity contribution < 1.29 is 43.0 Å². The molecule has 3 aliphatic carbocycles. The van der Waals surface area contributed by atoms with Gasteiger partial charge in [-0.25, -0.2) is 4.39 Å². The zero-order valence-corrected chi connectivity index (χ0v) is 23.9. The quantitative estimate of drug-likeness (QED) is 0.425. The number of alkyl halides is 1. The van der Waals surface area contributed by atoms with Crippen LogP contribution in [-0.4, -0.2) is 94.1 Å². The molecule has 2 saturated carbocycles. The Balaban J connectivity index is 1.41. The molecule has 6 rings (SSSR count). The number of carbonyl (C=O) groups excluding carboxylic acids is 5. The van der Waals surface area contributed by atoms with Gasteiger partial charge in [-0.15, -0.1) is 0 Å². The lowest BCUT2D eigenvalue weighted by Crippen LogP contribution is -2.74. The van der Waals surface area contributed by atoms with Gasteiger partial charge < -0.3 is 20.4 Å². The summed E-state index contributed by atoms with van der Waals surface area (Å²) in [5.74, 6) is -10.5. The molecule has 0 radical (unpaired) electrons. The highest BCUT2D eigenvalue weighted by molar-refractivity contribution is 6.32. The summed E-state index contributed by atoms with van der Waals surface area (Å²) in [6.45, 7) is 1.68. The first-order valence-corrected chi connectivity index (χ1v) is 14.5. The molecular formula is C31H34FN3O8. The first-order valence-electron chi connectivity index (χ1n) is 14.5. The molecule has 2 aromatic rings. The van der Waals surface area contributed by atoms with Crippen LogP contribution in [0.15, 0.2) is 28.9 Å². The minimum Gasteiger partial charge on any atom is -0.507 e. The van der Waals surface area contributed by atoms with E-state index in [0.29, 0.717) is 49.4 Å². The van der Waals surface area contributed by atoms with Crippen molar-refractivity contribution in [2.75, 3.05) is 27.2 Å². The summed E-state index contributed by atoms with van der Waals surface area (Å²) >= 11 is 0. The van der Waals surface area contributed by atoms with E-state index in [0.717, 1.165) is 5.56 Å². The van der Waals surface area contributed by atoms with Crippen LogP contribution in [0.25, 0.3) is 11.3 Å². The van der Waals surface area contributed by atoms with Crippen LogP contribution in [0.3, 0.4) is 0 Å². The summed E-state index contributed by atoms with van der Waals surface area (Å²) < 4.78 is 19.6. The highest BCUT2D eigenvalue weighted by atomic mass is 19.1. The van der Waals surface area contributed by atoms with Gasteiger partial charge in [0.2, 0.25) is 5.91 Å². The maximum Gasteiger partial charge on any atom is 0.235 e. The Morgan fingerprint density at radius 2 is 1.84 bits per heavy atom. The molecule has 2 heterocycles.